The molecule has 1 saturated heterocycles. The fourth-order valence-electron chi connectivity index (χ4n) is 1.99. The smallest absolute Gasteiger partial charge is 0.0679 e. The monoisotopic (exact) mass is 206 g/mol. The van der Waals surface area contributed by atoms with E-state index in [2.05, 4.69) is 29.2 Å². The molecule has 1 aliphatic heterocycles. The van der Waals surface area contributed by atoms with Gasteiger partial charge in [0.2, 0.25) is 0 Å². The second-order valence-corrected chi connectivity index (χ2v) is 4.20. The molecule has 1 aromatic rings. The van der Waals surface area contributed by atoms with Crippen molar-refractivity contribution in [1.82, 2.24) is 4.90 Å². The third-order valence-corrected chi connectivity index (χ3v) is 2.91. The van der Waals surface area contributed by atoms with Gasteiger partial charge >= 0.3 is 0 Å². The maximum absolute atomic E-state index is 9.40. The van der Waals surface area contributed by atoms with E-state index in [1.807, 2.05) is 0 Å². The van der Waals surface area contributed by atoms with Gasteiger partial charge in [0.05, 0.1) is 6.10 Å². The molecule has 0 amide bonds. The summed E-state index contributed by atoms with van der Waals surface area (Å²) in [7, 11) is 0. The van der Waals surface area contributed by atoms with Gasteiger partial charge in [-0.25, -0.2) is 0 Å². The van der Waals surface area contributed by atoms with Crippen molar-refractivity contribution in [1.29, 1.82) is 0 Å². The Morgan fingerprint density at radius 2 is 1.93 bits per heavy atom. The van der Waals surface area contributed by atoms with Crippen molar-refractivity contribution in [3.63, 3.8) is 0 Å². The minimum atomic E-state index is -0.131. The number of rotatable bonds is 3. The number of nitrogens with two attached hydrogens (primary N) is 1. The molecule has 0 aliphatic carbocycles. The third kappa shape index (κ3) is 2.78. The highest BCUT2D eigenvalue weighted by Crippen LogP contribution is 2.13. The van der Waals surface area contributed by atoms with Crippen LogP contribution in [0.1, 0.15) is 17.5 Å². The zero-order chi connectivity index (χ0) is 10.7. The number of benzene rings is 1. The lowest BCUT2D eigenvalue weighted by Gasteiger charge is -2.14. The molecule has 3 nitrogen and oxygen atoms in total. The predicted molar refractivity (Wildman–Crippen MR) is 60.2 cm³/mol. The summed E-state index contributed by atoms with van der Waals surface area (Å²) in [6.45, 7) is 3.34. The summed E-state index contributed by atoms with van der Waals surface area (Å²) in [5.41, 5.74) is 8.00. The van der Waals surface area contributed by atoms with Gasteiger partial charge in [-0.1, -0.05) is 24.3 Å². The van der Waals surface area contributed by atoms with Gasteiger partial charge < -0.3 is 10.8 Å². The molecular weight excluding hydrogens is 188 g/mol. The molecule has 1 atom stereocenters. The molecule has 82 valence electrons. The summed E-state index contributed by atoms with van der Waals surface area (Å²) in [5, 5.41) is 9.40. The van der Waals surface area contributed by atoms with Crippen molar-refractivity contribution in [2.45, 2.75) is 25.6 Å². The highest BCUT2D eigenvalue weighted by atomic mass is 16.3. The molecule has 3 heteroatoms. The van der Waals surface area contributed by atoms with Crippen molar-refractivity contribution in [3.8, 4) is 0 Å². The maximum Gasteiger partial charge on any atom is 0.0679 e. The number of likely N-dealkylation sites (tertiary alicyclic amines) is 1. The Kier molecular flexibility index (Phi) is 3.36. The van der Waals surface area contributed by atoms with E-state index < -0.39 is 0 Å². The summed E-state index contributed by atoms with van der Waals surface area (Å²) < 4.78 is 0. The Hall–Kier alpha value is -0.900. The van der Waals surface area contributed by atoms with Gasteiger partial charge in [0.15, 0.2) is 0 Å². The first-order chi connectivity index (χ1) is 7.28. The van der Waals surface area contributed by atoms with Crippen molar-refractivity contribution in [2.75, 3.05) is 13.1 Å². The zero-order valence-corrected chi connectivity index (χ0v) is 8.89. The first kappa shape index (κ1) is 10.6. The standard InChI is InChI=1S/C12H18N2O/c13-7-10-1-3-11(4-2-10)8-14-6-5-12(15)9-14/h1-4,12,15H,5-9,13H2/t12-/m0/s1. The van der Waals surface area contributed by atoms with E-state index >= 15 is 0 Å². The van der Waals surface area contributed by atoms with Gasteiger partial charge in [0.1, 0.15) is 0 Å². The lowest BCUT2D eigenvalue weighted by atomic mass is 10.1. The molecule has 0 aromatic heterocycles. The van der Waals surface area contributed by atoms with Crippen LogP contribution in [0.25, 0.3) is 0 Å². The minimum Gasteiger partial charge on any atom is -0.392 e. The molecule has 1 fully saturated rings. The first-order valence-electron chi connectivity index (χ1n) is 5.46. The molecule has 1 aliphatic rings. The molecule has 3 N–H and O–H groups in total. The fraction of sp³-hybridized carbons (Fsp3) is 0.500. The Bertz CT molecular complexity index is 310. The average Bonchev–Trinajstić information content (AvgIpc) is 2.65. The number of aliphatic hydroxyl groups excluding tert-OH is 1. The Morgan fingerprint density at radius 3 is 2.47 bits per heavy atom. The molecule has 0 spiro atoms. The lowest BCUT2D eigenvalue weighted by molar-refractivity contribution is 0.175. The van der Waals surface area contributed by atoms with E-state index in [1.165, 1.54) is 11.1 Å². The van der Waals surface area contributed by atoms with E-state index in [9.17, 15) is 5.11 Å². The van der Waals surface area contributed by atoms with Crippen LogP contribution in [0.3, 0.4) is 0 Å². The molecule has 0 radical (unpaired) electrons. The van der Waals surface area contributed by atoms with E-state index in [0.717, 1.165) is 26.1 Å². The van der Waals surface area contributed by atoms with Crippen molar-refractivity contribution >= 4 is 0 Å². The molecular formula is C12H18N2O. The van der Waals surface area contributed by atoms with Gasteiger partial charge in [0, 0.05) is 26.2 Å². The van der Waals surface area contributed by atoms with E-state index in [0.29, 0.717) is 6.54 Å². The van der Waals surface area contributed by atoms with Gasteiger partial charge in [-0.2, -0.15) is 0 Å². The predicted octanol–water partition coefficient (Wildman–Crippen LogP) is 0.712. The van der Waals surface area contributed by atoms with Crippen LogP contribution in [0.15, 0.2) is 24.3 Å². The molecule has 0 saturated carbocycles. The molecule has 15 heavy (non-hydrogen) atoms. The molecule has 2 rings (SSSR count). The fourth-order valence-corrected chi connectivity index (χ4v) is 1.99. The minimum absolute atomic E-state index is 0.131. The van der Waals surface area contributed by atoms with Gasteiger partial charge in [0.25, 0.3) is 0 Å². The van der Waals surface area contributed by atoms with E-state index in [-0.39, 0.29) is 6.10 Å². The van der Waals surface area contributed by atoms with Crippen LogP contribution in [0.2, 0.25) is 0 Å². The topological polar surface area (TPSA) is 49.5 Å². The van der Waals surface area contributed by atoms with Crippen LogP contribution in [-0.4, -0.2) is 29.2 Å². The largest absolute Gasteiger partial charge is 0.392 e. The molecule has 1 heterocycles. The quantitative estimate of drug-likeness (QED) is 0.766. The van der Waals surface area contributed by atoms with Gasteiger partial charge in [-0.05, 0) is 17.5 Å². The summed E-state index contributed by atoms with van der Waals surface area (Å²) in [5.74, 6) is 0. The summed E-state index contributed by atoms with van der Waals surface area (Å²) in [6, 6.07) is 8.38. The summed E-state index contributed by atoms with van der Waals surface area (Å²) in [6.07, 6.45) is 0.772. The Labute approximate surface area is 90.5 Å². The second-order valence-electron chi connectivity index (χ2n) is 4.20. The zero-order valence-electron chi connectivity index (χ0n) is 8.89. The summed E-state index contributed by atoms with van der Waals surface area (Å²) >= 11 is 0. The van der Waals surface area contributed by atoms with Crippen molar-refractivity contribution < 1.29 is 5.11 Å². The average molecular weight is 206 g/mol. The first-order valence-corrected chi connectivity index (χ1v) is 5.46. The Balaban J connectivity index is 1.93. The maximum atomic E-state index is 9.40. The molecule has 1 aromatic carbocycles. The highest BCUT2D eigenvalue weighted by molar-refractivity contribution is 5.22. The van der Waals surface area contributed by atoms with Gasteiger partial charge in [-0.15, -0.1) is 0 Å². The Morgan fingerprint density at radius 1 is 1.27 bits per heavy atom. The van der Waals surface area contributed by atoms with E-state index in [4.69, 9.17) is 5.73 Å². The van der Waals surface area contributed by atoms with Crippen LogP contribution in [-0.2, 0) is 13.1 Å². The number of hydrogen-bond acceptors (Lipinski definition) is 3. The normalized spacial score (nSPS) is 22.1. The summed E-state index contributed by atoms with van der Waals surface area (Å²) in [4.78, 5) is 2.28. The van der Waals surface area contributed by atoms with Crippen LogP contribution in [0.4, 0.5) is 0 Å². The number of aliphatic hydroxyl groups is 1. The van der Waals surface area contributed by atoms with E-state index in [1.54, 1.807) is 0 Å². The molecule has 0 unspecified atom stereocenters. The lowest BCUT2D eigenvalue weighted by Crippen LogP contribution is -2.21. The van der Waals surface area contributed by atoms with Crippen molar-refractivity contribution in [3.05, 3.63) is 35.4 Å². The number of hydrogen-bond donors (Lipinski definition) is 2. The SMILES string of the molecule is NCc1ccc(CN2CC[C@H](O)C2)cc1. The van der Waals surface area contributed by atoms with Crippen molar-refractivity contribution in [2.24, 2.45) is 5.73 Å². The van der Waals surface area contributed by atoms with Crippen LogP contribution >= 0.6 is 0 Å². The number of β-amino-alcohol motifs (C(OH)–C–C–N with tert-alkyl or cyclic N) is 1. The highest BCUT2D eigenvalue weighted by Gasteiger charge is 2.19. The van der Waals surface area contributed by atoms with Crippen LogP contribution < -0.4 is 5.73 Å². The number of nitrogens with zero attached hydrogens (tertiary/aromatic N) is 1. The van der Waals surface area contributed by atoms with Crippen LogP contribution in [0, 0.1) is 0 Å². The second kappa shape index (κ2) is 4.75. The molecule has 0 bridgehead atoms. The van der Waals surface area contributed by atoms with Gasteiger partial charge in [-0.3, -0.25) is 4.90 Å². The van der Waals surface area contributed by atoms with Crippen LogP contribution in [0.5, 0.6) is 0 Å². The third-order valence-electron chi connectivity index (χ3n) is 2.91.